The van der Waals surface area contributed by atoms with Crippen LogP contribution in [0.5, 0.6) is 5.75 Å². The molecule has 0 spiro atoms. The van der Waals surface area contributed by atoms with E-state index >= 15 is 0 Å². The maximum absolute atomic E-state index is 12.9. The number of methoxy groups -OCH3 is 1. The van der Waals surface area contributed by atoms with Gasteiger partial charge in [0.1, 0.15) is 5.75 Å². The monoisotopic (exact) mass is 346 g/mol. The van der Waals surface area contributed by atoms with Gasteiger partial charge in [0.15, 0.2) is 0 Å². The van der Waals surface area contributed by atoms with E-state index in [4.69, 9.17) is 10.5 Å². The van der Waals surface area contributed by atoms with E-state index in [9.17, 15) is 13.2 Å². The van der Waals surface area contributed by atoms with Crippen LogP contribution in [0.15, 0.2) is 47.4 Å². The second kappa shape index (κ2) is 6.26. The molecule has 0 aliphatic carbocycles. The fourth-order valence-electron chi connectivity index (χ4n) is 2.86. The minimum atomic E-state index is -3.72. The maximum Gasteiger partial charge on any atom is 0.252 e. The van der Waals surface area contributed by atoms with E-state index in [2.05, 4.69) is 0 Å². The van der Waals surface area contributed by atoms with Crippen molar-refractivity contribution in [2.45, 2.75) is 17.9 Å². The molecule has 24 heavy (non-hydrogen) atoms. The highest BCUT2D eigenvalue weighted by molar-refractivity contribution is 7.89. The Morgan fingerprint density at radius 1 is 1.17 bits per heavy atom. The Labute approximate surface area is 140 Å². The van der Waals surface area contributed by atoms with E-state index in [1.165, 1.54) is 29.6 Å². The van der Waals surface area contributed by atoms with Crippen molar-refractivity contribution in [1.82, 2.24) is 4.31 Å². The zero-order valence-electron chi connectivity index (χ0n) is 13.2. The number of amides is 1. The first-order valence-electron chi connectivity index (χ1n) is 7.48. The lowest BCUT2D eigenvalue weighted by Crippen LogP contribution is -2.36. The number of hydrogen-bond acceptors (Lipinski definition) is 4. The maximum atomic E-state index is 12.9. The van der Waals surface area contributed by atoms with Crippen LogP contribution < -0.4 is 10.5 Å². The number of hydrogen-bond donors (Lipinski definition) is 1. The van der Waals surface area contributed by atoms with Gasteiger partial charge in [-0.05, 0) is 35.7 Å². The molecule has 2 aromatic carbocycles. The van der Waals surface area contributed by atoms with Crippen LogP contribution >= 0.6 is 0 Å². The fraction of sp³-hybridized carbons (Fsp3) is 0.235. The van der Waals surface area contributed by atoms with Gasteiger partial charge in [0.2, 0.25) is 10.0 Å². The lowest BCUT2D eigenvalue weighted by atomic mass is 10.0. The van der Waals surface area contributed by atoms with E-state index in [1.807, 2.05) is 24.3 Å². The Morgan fingerprint density at radius 3 is 2.54 bits per heavy atom. The number of primary amides is 1. The molecule has 0 saturated carbocycles. The summed E-state index contributed by atoms with van der Waals surface area (Å²) in [6.07, 6.45) is 0.661. The summed E-state index contributed by atoms with van der Waals surface area (Å²) in [5, 5.41) is 0. The second-order valence-electron chi connectivity index (χ2n) is 5.58. The zero-order chi connectivity index (χ0) is 17.3. The van der Waals surface area contributed by atoms with Gasteiger partial charge in [-0.3, -0.25) is 4.79 Å². The summed E-state index contributed by atoms with van der Waals surface area (Å²) in [6, 6.07) is 11.9. The predicted molar refractivity (Wildman–Crippen MR) is 89.3 cm³/mol. The SMILES string of the molecule is COc1ccc(S(=O)(=O)N2CCc3ccccc3C2)cc1C(N)=O. The fourth-order valence-corrected chi connectivity index (χ4v) is 4.31. The van der Waals surface area contributed by atoms with Gasteiger partial charge in [0.05, 0.1) is 17.6 Å². The van der Waals surface area contributed by atoms with Gasteiger partial charge in [-0.15, -0.1) is 0 Å². The van der Waals surface area contributed by atoms with E-state index in [0.29, 0.717) is 19.5 Å². The Bertz CT molecular complexity index is 893. The first-order chi connectivity index (χ1) is 11.4. The molecule has 2 aromatic rings. The third-order valence-electron chi connectivity index (χ3n) is 4.17. The molecule has 6 nitrogen and oxygen atoms in total. The largest absolute Gasteiger partial charge is 0.496 e. The second-order valence-corrected chi connectivity index (χ2v) is 7.52. The molecule has 1 heterocycles. The molecule has 1 aliphatic rings. The van der Waals surface area contributed by atoms with E-state index in [0.717, 1.165) is 11.1 Å². The van der Waals surface area contributed by atoms with Crippen LogP contribution in [0.25, 0.3) is 0 Å². The molecular weight excluding hydrogens is 328 g/mol. The number of carbonyl (C=O) groups is 1. The van der Waals surface area contributed by atoms with Crippen molar-refractivity contribution in [1.29, 1.82) is 0 Å². The highest BCUT2D eigenvalue weighted by Crippen LogP contribution is 2.28. The van der Waals surface area contributed by atoms with Crippen LogP contribution in [-0.2, 0) is 23.0 Å². The van der Waals surface area contributed by atoms with Crippen LogP contribution in [-0.4, -0.2) is 32.3 Å². The van der Waals surface area contributed by atoms with Gasteiger partial charge < -0.3 is 10.5 Å². The van der Waals surface area contributed by atoms with Gasteiger partial charge in [-0.2, -0.15) is 4.31 Å². The van der Waals surface area contributed by atoms with Crippen LogP contribution in [0.3, 0.4) is 0 Å². The molecule has 0 bridgehead atoms. The van der Waals surface area contributed by atoms with E-state index < -0.39 is 15.9 Å². The van der Waals surface area contributed by atoms with Crippen LogP contribution in [0.4, 0.5) is 0 Å². The molecular formula is C17H18N2O4S. The van der Waals surface area contributed by atoms with Crippen LogP contribution in [0.1, 0.15) is 21.5 Å². The Morgan fingerprint density at radius 2 is 1.88 bits per heavy atom. The van der Waals surface area contributed by atoms with Crippen molar-refractivity contribution in [2.75, 3.05) is 13.7 Å². The summed E-state index contributed by atoms with van der Waals surface area (Å²) in [7, 11) is -2.32. The molecule has 0 atom stereocenters. The number of carbonyl (C=O) groups excluding carboxylic acids is 1. The number of nitrogens with zero attached hydrogens (tertiary/aromatic N) is 1. The predicted octanol–water partition coefficient (Wildman–Crippen LogP) is 1.54. The number of nitrogens with two attached hydrogens (primary N) is 1. The first-order valence-corrected chi connectivity index (χ1v) is 8.92. The average molecular weight is 346 g/mol. The standard InChI is InChI=1S/C17H18N2O4S/c1-23-16-7-6-14(10-15(16)17(18)20)24(21,22)19-9-8-12-4-2-3-5-13(12)11-19/h2-7,10H,8-9,11H2,1H3,(H2,18,20). The van der Waals surface area contributed by atoms with Gasteiger partial charge in [0.25, 0.3) is 5.91 Å². The van der Waals surface area contributed by atoms with Crippen LogP contribution in [0, 0.1) is 0 Å². The number of sulfonamides is 1. The smallest absolute Gasteiger partial charge is 0.252 e. The Kier molecular flexibility index (Phi) is 4.29. The summed E-state index contributed by atoms with van der Waals surface area (Å²) < 4.78 is 32.3. The number of fused-ring (bicyclic) bond motifs is 1. The molecule has 126 valence electrons. The summed E-state index contributed by atoms with van der Waals surface area (Å²) in [5.74, 6) is -0.474. The Balaban J connectivity index is 1.97. The van der Waals surface area contributed by atoms with Gasteiger partial charge in [-0.25, -0.2) is 8.42 Å². The number of benzene rings is 2. The lowest BCUT2D eigenvalue weighted by Gasteiger charge is -2.28. The lowest BCUT2D eigenvalue weighted by molar-refractivity contribution is 0.0997. The third-order valence-corrected chi connectivity index (χ3v) is 6.01. The molecule has 0 aromatic heterocycles. The van der Waals surface area contributed by atoms with Crippen molar-refractivity contribution in [3.05, 3.63) is 59.2 Å². The van der Waals surface area contributed by atoms with Crippen molar-refractivity contribution >= 4 is 15.9 Å². The highest BCUT2D eigenvalue weighted by atomic mass is 32.2. The number of rotatable bonds is 4. The quantitative estimate of drug-likeness (QED) is 0.909. The molecule has 1 amide bonds. The summed E-state index contributed by atoms with van der Waals surface area (Å²) in [6.45, 7) is 0.716. The average Bonchev–Trinajstić information content (AvgIpc) is 2.60. The molecule has 0 fully saturated rings. The highest BCUT2D eigenvalue weighted by Gasteiger charge is 2.29. The molecule has 3 rings (SSSR count). The van der Waals surface area contributed by atoms with Crippen molar-refractivity contribution in [2.24, 2.45) is 5.73 Å². The minimum Gasteiger partial charge on any atom is -0.496 e. The normalized spacial score (nSPS) is 14.9. The number of ether oxygens (including phenoxy) is 1. The molecule has 0 unspecified atom stereocenters. The van der Waals surface area contributed by atoms with Crippen molar-refractivity contribution in [3.8, 4) is 5.75 Å². The third kappa shape index (κ3) is 2.88. The van der Waals surface area contributed by atoms with Crippen LogP contribution in [0.2, 0.25) is 0 Å². The van der Waals surface area contributed by atoms with Crippen molar-refractivity contribution < 1.29 is 17.9 Å². The molecule has 7 heteroatoms. The Hall–Kier alpha value is -2.38. The molecule has 2 N–H and O–H groups in total. The van der Waals surface area contributed by atoms with E-state index in [-0.39, 0.29) is 16.2 Å². The minimum absolute atomic E-state index is 0.0384. The van der Waals surface area contributed by atoms with Gasteiger partial charge in [-0.1, -0.05) is 24.3 Å². The molecule has 0 radical (unpaired) electrons. The summed E-state index contributed by atoms with van der Waals surface area (Å²) in [4.78, 5) is 11.6. The van der Waals surface area contributed by atoms with Crippen molar-refractivity contribution in [3.63, 3.8) is 0 Å². The van der Waals surface area contributed by atoms with E-state index in [1.54, 1.807) is 0 Å². The molecule has 0 saturated heterocycles. The van der Waals surface area contributed by atoms with Gasteiger partial charge in [0, 0.05) is 13.1 Å². The summed E-state index contributed by atoms with van der Waals surface area (Å²) in [5.41, 5.74) is 7.53. The molecule has 1 aliphatic heterocycles. The first kappa shape index (κ1) is 16.5. The summed E-state index contributed by atoms with van der Waals surface area (Å²) >= 11 is 0. The zero-order valence-corrected chi connectivity index (χ0v) is 14.0. The van der Waals surface area contributed by atoms with Gasteiger partial charge >= 0.3 is 0 Å². The topological polar surface area (TPSA) is 89.7 Å².